The molecule has 0 saturated carbocycles. The molecule has 0 aliphatic heterocycles. The van der Waals surface area contributed by atoms with Crippen LogP contribution in [-0.4, -0.2) is 43.5 Å². The van der Waals surface area contributed by atoms with Crippen molar-refractivity contribution in [1.82, 2.24) is 0 Å². The molecule has 0 fully saturated rings. The first-order chi connectivity index (χ1) is 5.61. The minimum atomic E-state index is -1.23. The highest BCUT2D eigenvalue weighted by Gasteiger charge is 2.17. The van der Waals surface area contributed by atoms with Crippen LogP contribution in [0.15, 0.2) is 0 Å². The van der Waals surface area contributed by atoms with Crippen LogP contribution in [0.4, 0.5) is 0 Å². The maximum Gasteiger partial charge on any atom is 0.336 e. The van der Waals surface area contributed by atoms with Crippen molar-refractivity contribution in [3.8, 4) is 0 Å². The van der Waals surface area contributed by atoms with E-state index in [1.165, 1.54) is 7.11 Å². The predicted octanol–water partition coefficient (Wildman–Crippen LogP) is -1.12. The number of hydrogen-bond donors (Lipinski definition) is 2. The van der Waals surface area contributed by atoms with Crippen molar-refractivity contribution in [3.63, 3.8) is 0 Å². The third-order valence-electron chi connectivity index (χ3n) is 1.21. The Morgan fingerprint density at radius 1 is 1.67 bits per heavy atom. The summed E-state index contributed by atoms with van der Waals surface area (Å²) in [5.41, 5.74) is 5.04. The van der Waals surface area contributed by atoms with E-state index in [0.29, 0.717) is 6.61 Å². The van der Waals surface area contributed by atoms with Gasteiger partial charge in [-0.25, -0.2) is 4.79 Å². The van der Waals surface area contributed by atoms with Crippen molar-refractivity contribution >= 4 is 5.97 Å². The predicted molar refractivity (Wildman–Crippen MR) is 42.5 cm³/mol. The lowest BCUT2D eigenvalue weighted by atomic mass is 10.3. The zero-order valence-corrected chi connectivity index (χ0v) is 7.32. The van der Waals surface area contributed by atoms with Crippen LogP contribution >= 0.6 is 0 Å². The summed E-state index contributed by atoms with van der Waals surface area (Å²) < 4.78 is 9.48. The standard InChI is InChI=1S/C7H15NO4/c1-5(4-11-2)12-7(10)6(9)3-8/h5-6,9H,3-4,8H2,1-2H3/t5?,6-/m0/s1. The first-order valence-electron chi connectivity index (χ1n) is 3.69. The van der Waals surface area contributed by atoms with Crippen LogP contribution in [0.2, 0.25) is 0 Å². The molecule has 0 saturated heterocycles. The molecular formula is C7H15NO4. The molecule has 0 aromatic rings. The van der Waals surface area contributed by atoms with E-state index in [1.54, 1.807) is 6.92 Å². The normalized spacial score (nSPS) is 15.3. The number of nitrogens with two attached hydrogens (primary N) is 1. The van der Waals surface area contributed by atoms with E-state index in [1.807, 2.05) is 0 Å². The third-order valence-corrected chi connectivity index (χ3v) is 1.21. The van der Waals surface area contributed by atoms with Gasteiger partial charge in [-0.05, 0) is 6.92 Å². The average Bonchev–Trinajstić information content (AvgIpc) is 2.03. The lowest BCUT2D eigenvalue weighted by molar-refractivity contribution is -0.159. The van der Waals surface area contributed by atoms with Gasteiger partial charge >= 0.3 is 5.97 Å². The van der Waals surface area contributed by atoms with E-state index in [9.17, 15) is 4.79 Å². The van der Waals surface area contributed by atoms with Crippen molar-refractivity contribution < 1.29 is 19.4 Å². The summed E-state index contributed by atoms with van der Waals surface area (Å²) in [5.74, 6) is -0.706. The summed E-state index contributed by atoms with van der Waals surface area (Å²) >= 11 is 0. The van der Waals surface area contributed by atoms with Gasteiger partial charge in [-0.1, -0.05) is 0 Å². The Morgan fingerprint density at radius 2 is 2.25 bits per heavy atom. The molecule has 0 rings (SSSR count). The van der Waals surface area contributed by atoms with E-state index in [-0.39, 0.29) is 12.6 Å². The molecule has 5 nitrogen and oxygen atoms in total. The van der Waals surface area contributed by atoms with Gasteiger partial charge in [0.2, 0.25) is 0 Å². The zero-order chi connectivity index (χ0) is 9.56. The average molecular weight is 177 g/mol. The monoisotopic (exact) mass is 177 g/mol. The minimum Gasteiger partial charge on any atom is -0.458 e. The van der Waals surface area contributed by atoms with Crippen molar-refractivity contribution in [2.45, 2.75) is 19.1 Å². The van der Waals surface area contributed by atoms with Crippen LogP contribution < -0.4 is 5.73 Å². The summed E-state index contributed by atoms with van der Waals surface area (Å²) in [5, 5.41) is 8.90. The molecule has 0 bridgehead atoms. The van der Waals surface area contributed by atoms with Crippen molar-refractivity contribution in [3.05, 3.63) is 0 Å². The number of aliphatic hydroxyl groups excluding tert-OH is 1. The van der Waals surface area contributed by atoms with Crippen LogP contribution in [0.3, 0.4) is 0 Å². The highest BCUT2D eigenvalue weighted by Crippen LogP contribution is 1.94. The summed E-state index contributed by atoms with van der Waals surface area (Å²) in [7, 11) is 1.50. The number of carbonyl (C=O) groups is 1. The molecule has 3 N–H and O–H groups in total. The second kappa shape index (κ2) is 5.93. The molecule has 0 aromatic heterocycles. The highest BCUT2D eigenvalue weighted by atomic mass is 16.6. The Labute approximate surface area is 71.5 Å². The van der Waals surface area contributed by atoms with Gasteiger partial charge < -0.3 is 20.3 Å². The molecule has 2 atom stereocenters. The van der Waals surface area contributed by atoms with Crippen LogP contribution in [0, 0.1) is 0 Å². The van der Waals surface area contributed by atoms with E-state index < -0.39 is 12.1 Å². The Kier molecular flexibility index (Phi) is 5.61. The number of hydrogen-bond acceptors (Lipinski definition) is 5. The second-order valence-corrected chi connectivity index (χ2v) is 2.45. The van der Waals surface area contributed by atoms with Crippen LogP contribution in [0.1, 0.15) is 6.92 Å². The molecule has 0 heterocycles. The summed E-state index contributed by atoms with van der Waals surface area (Å²) in [6.07, 6.45) is -1.59. The lowest BCUT2D eigenvalue weighted by Gasteiger charge is -2.14. The van der Waals surface area contributed by atoms with Crippen LogP contribution in [0.5, 0.6) is 0 Å². The molecule has 0 aromatic carbocycles. The van der Waals surface area contributed by atoms with E-state index in [4.69, 9.17) is 20.3 Å². The first kappa shape index (κ1) is 11.4. The molecule has 12 heavy (non-hydrogen) atoms. The first-order valence-corrected chi connectivity index (χ1v) is 3.69. The molecule has 0 amide bonds. The smallest absolute Gasteiger partial charge is 0.336 e. The summed E-state index contributed by atoms with van der Waals surface area (Å²) in [6.45, 7) is 1.85. The quantitative estimate of drug-likeness (QED) is 0.520. The van der Waals surface area contributed by atoms with Gasteiger partial charge in [0.05, 0.1) is 6.61 Å². The van der Waals surface area contributed by atoms with Gasteiger partial charge in [-0.3, -0.25) is 0 Å². The summed E-state index contributed by atoms with van der Waals surface area (Å²) in [6, 6.07) is 0. The van der Waals surface area contributed by atoms with E-state index in [2.05, 4.69) is 0 Å². The van der Waals surface area contributed by atoms with E-state index in [0.717, 1.165) is 0 Å². The number of methoxy groups -OCH3 is 1. The van der Waals surface area contributed by atoms with Gasteiger partial charge in [-0.15, -0.1) is 0 Å². The number of ether oxygens (including phenoxy) is 2. The molecule has 0 spiro atoms. The van der Waals surface area contributed by atoms with Gasteiger partial charge in [0.15, 0.2) is 6.10 Å². The van der Waals surface area contributed by atoms with Gasteiger partial charge in [0, 0.05) is 13.7 Å². The molecule has 0 aliphatic rings. The largest absolute Gasteiger partial charge is 0.458 e. The number of rotatable bonds is 5. The fraction of sp³-hybridized carbons (Fsp3) is 0.857. The number of esters is 1. The van der Waals surface area contributed by atoms with Gasteiger partial charge in [0.25, 0.3) is 0 Å². The van der Waals surface area contributed by atoms with Crippen molar-refractivity contribution in [2.24, 2.45) is 5.73 Å². The second-order valence-electron chi connectivity index (χ2n) is 2.45. The minimum absolute atomic E-state index is 0.126. The maximum absolute atomic E-state index is 10.9. The Balaban J connectivity index is 3.67. The van der Waals surface area contributed by atoms with E-state index >= 15 is 0 Å². The molecular weight excluding hydrogens is 162 g/mol. The van der Waals surface area contributed by atoms with Gasteiger partial charge in [0.1, 0.15) is 6.10 Å². The fourth-order valence-electron chi connectivity index (χ4n) is 0.642. The third kappa shape index (κ3) is 4.27. The zero-order valence-electron chi connectivity index (χ0n) is 7.32. The Morgan fingerprint density at radius 3 is 2.67 bits per heavy atom. The fourth-order valence-corrected chi connectivity index (χ4v) is 0.642. The molecule has 5 heteroatoms. The van der Waals surface area contributed by atoms with Crippen molar-refractivity contribution in [2.75, 3.05) is 20.3 Å². The number of aliphatic hydroxyl groups is 1. The van der Waals surface area contributed by atoms with Crippen LogP contribution in [0.25, 0.3) is 0 Å². The Hall–Kier alpha value is -0.650. The Bertz CT molecular complexity index is 139. The summed E-state index contributed by atoms with van der Waals surface area (Å²) in [4.78, 5) is 10.9. The highest BCUT2D eigenvalue weighted by molar-refractivity contribution is 5.74. The maximum atomic E-state index is 10.9. The molecule has 1 unspecified atom stereocenters. The molecule has 0 radical (unpaired) electrons. The lowest BCUT2D eigenvalue weighted by Crippen LogP contribution is -2.34. The van der Waals surface area contributed by atoms with Crippen molar-refractivity contribution in [1.29, 1.82) is 0 Å². The number of carbonyl (C=O) groups excluding carboxylic acids is 1. The molecule has 0 aliphatic carbocycles. The molecule has 72 valence electrons. The van der Waals surface area contributed by atoms with Gasteiger partial charge in [-0.2, -0.15) is 0 Å². The SMILES string of the molecule is COCC(C)OC(=O)[C@@H](O)CN. The topological polar surface area (TPSA) is 81.8 Å². The van der Waals surface area contributed by atoms with Crippen LogP contribution in [-0.2, 0) is 14.3 Å².